The third kappa shape index (κ3) is 3.51. The van der Waals surface area contributed by atoms with E-state index in [2.05, 4.69) is 10.5 Å². The van der Waals surface area contributed by atoms with Crippen molar-refractivity contribution < 1.29 is 0 Å². The zero-order valence-corrected chi connectivity index (χ0v) is 4.12. The Morgan fingerprint density at radius 2 is 2.50 bits per heavy atom. The highest BCUT2D eigenvalue weighted by Gasteiger charge is 1.60. The highest BCUT2D eigenvalue weighted by Crippen LogP contribution is 1.79. The third-order valence-electron chi connectivity index (χ3n) is 0.187. The Morgan fingerprint density at radius 3 is 2.67 bits per heavy atom. The standard InChI is InChI=1S/C3H3N2S/c1-6-3-5-2-4/h1H3. The monoisotopic (exact) mass is 99.0 g/mol. The molecule has 0 spiro atoms. The van der Waals surface area contributed by atoms with Gasteiger partial charge in [-0.25, -0.2) is 0 Å². The van der Waals surface area contributed by atoms with Crippen molar-refractivity contribution in [2.24, 2.45) is 4.99 Å². The second-order valence-corrected chi connectivity index (χ2v) is 1.10. The Labute approximate surface area is 40.9 Å². The molecule has 0 aromatic carbocycles. The smallest absolute Gasteiger partial charge is 0.170 e. The topological polar surface area (TPSA) is 36.1 Å². The Morgan fingerprint density at radius 1 is 1.83 bits per heavy atom. The van der Waals surface area contributed by atoms with E-state index in [4.69, 9.17) is 5.26 Å². The van der Waals surface area contributed by atoms with Gasteiger partial charge in [0.15, 0.2) is 0 Å². The highest BCUT2D eigenvalue weighted by molar-refractivity contribution is 8.11. The van der Waals surface area contributed by atoms with Crippen LogP contribution in [0.5, 0.6) is 0 Å². The van der Waals surface area contributed by atoms with Gasteiger partial charge >= 0.3 is 0 Å². The lowest BCUT2D eigenvalue weighted by atomic mass is 11.3. The van der Waals surface area contributed by atoms with Crippen molar-refractivity contribution in [2.45, 2.75) is 0 Å². The van der Waals surface area contributed by atoms with E-state index in [0.717, 1.165) is 0 Å². The zero-order chi connectivity index (χ0) is 4.83. The van der Waals surface area contributed by atoms with Gasteiger partial charge in [-0.05, 0) is 6.26 Å². The maximum absolute atomic E-state index is 7.70. The molecular weight excluding hydrogens is 96.1 g/mol. The normalized spacial score (nSPS) is 8.67. The van der Waals surface area contributed by atoms with Crippen LogP contribution >= 0.6 is 11.8 Å². The largest absolute Gasteiger partial charge is 0.206 e. The van der Waals surface area contributed by atoms with Gasteiger partial charge in [-0.15, -0.1) is 11.8 Å². The van der Waals surface area contributed by atoms with Crippen LogP contribution in [0.2, 0.25) is 0 Å². The molecule has 0 aromatic heterocycles. The molecule has 0 amide bonds. The van der Waals surface area contributed by atoms with E-state index < -0.39 is 0 Å². The molecule has 6 heavy (non-hydrogen) atoms. The number of nitriles is 1. The van der Waals surface area contributed by atoms with Gasteiger partial charge in [-0.3, -0.25) is 0 Å². The number of thioether (sulfide) groups is 1. The summed E-state index contributed by atoms with van der Waals surface area (Å²) in [5, 5.41) is 7.70. The van der Waals surface area contributed by atoms with Crippen LogP contribution < -0.4 is 0 Å². The second-order valence-electron chi connectivity index (χ2n) is 0.507. The summed E-state index contributed by atoms with van der Waals surface area (Å²) in [4.78, 5) is 3.11. The lowest BCUT2D eigenvalue weighted by Crippen LogP contribution is -1.52. The molecule has 0 N–H and O–H groups in total. The first-order chi connectivity index (χ1) is 2.91. The molecule has 0 aliphatic rings. The van der Waals surface area contributed by atoms with Gasteiger partial charge in [0.05, 0.1) is 0 Å². The molecule has 0 aromatic rings. The fraction of sp³-hybridized carbons (Fsp3) is 0.333. The Kier molecular flexibility index (Phi) is 4.14. The lowest BCUT2D eigenvalue weighted by molar-refractivity contribution is 1.45. The van der Waals surface area contributed by atoms with Crippen molar-refractivity contribution in [2.75, 3.05) is 6.26 Å². The molecule has 3 heteroatoms. The molecule has 0 atom stereocenters. The molecule has 0 heterocycles. The summed E-state index contributed by atoms with van der Waals surface area (Å²) in [7, 11) is 0. The molecule has 31 valence electrons. The Balaban J connectivity index is 3.02. The summed E-state index contributed by atoms with van der Waals surface area (Å²) < 4.78 is 0. The number of aliphatic imine (C=N–C) groups is 1. The van der Waals surface area contributed by atoms with Crippen LogP contribution in [0.1, 0.15) is 0 Å². The van der Waals surface area contributed by atoms with Crippen molar-refractivity contribution in [3.8, 4) is 6.19 Å². The van der Waals surface area contributed by atoms with Crippen LogP contribution in [0.3, 0.4) is 0 Å². The minimum atomic E-state index is 1.29. The van der Waals surface area contributed by atoms with Gasteiger partial charge in [0, 0.05) is 0 Å². The fourth-order valence-electron chi connectivity index (χ4n) is 0.0661. The van der Waals surface area contributed by atoms with E-state index in [0.29, 0.717) is 0 Å². The van der Waals surface area contributed by atoms with Crippen molar-refractivity contribution in [1.29, 1.82) is 5.26 Å². The van der Waals surface area contributed by atoms with Crippen molar-refractivity contribution in [3.63, 3.8) is 0 Å². The van der Waals surface area contributed by atoms with Crippen molar-refractivity contribution in [1.82, 2.24) is 0 Å². The highest BCUT2D eigenvalue weighted by atomic mass is 32.2. The maximum Gasteiger partial charge on any atom is 0.206 e. The molecule has 0 aliphatic carbocycles. The van der Waals surface area contributed by atoms with Crippen molar-refractivity contribution >= 4 is 17.3 Å². The average molecular weight is 99.1 g/mol. The molecule has 2 nitrogen and oxygen atoms in total. The SMILES string of the molecule is CS/[C]=N/C#N. The maximum atomic E-state index is 7.70. The predicted molar refractivity (Wildman–Crippen MR) is 26.6 cm³/mol. The molecule has 0 bridgehead atoms. The molecule has 0 saturated heterocycles. The van der Waals surface area contributed by atoms with E-state index in [1.54, 1.807) is 12.4 Å². The van der Waals surface area contributed by atoms with Crippen LogP contribution in [-0.4, -0.2) is 11.8 Å². The van der Waals surface area contributed by atoms with E-state index in [9.17, 15) is 0 Å². The molecular formula is C3H3N2S. The number of hydrogen-bond acceptors (Lipinski definition) is 3. The van der Waals surface area contributed by atoms with Crippen LogP contribution in [0.25, 0.3) is 0 Å². The van der Waals surface area contributed by atoms with Gasteiger partial charge in [0.25, 0.3) is 0 Å². The van der Waals surface area contributed by atoms with E-state index in [1.165, 1.54) is 11.8 Å². The molecule has 0 fully saturated rings. The number of rotatable bonds is 1. The van der Waals surface area contributed by atoms with E-state index >= 15 is 0 Å². The summed E-state index contributed by atoms with van der Waals surface area (Å²) in [6.07, 6.45) is 3.35. The Bertz CT molecular complexity index is 81.3. The third-order valence-corrected chi connectivity index (χ3v) is 0.461. The van der Waals surface area contributed by atoms with Crippen LogP contribution in [0.4, 0.5) is 0 Å². The molecule has 0 rings (SSSR count). The lowest BCUT2D eigenvalue weighted by Gasteiger charge is -1.61. The van der Waals surface area contributed by atoms with Crippen LogP contribution in [0.15, 0.2) is 4.99 Å². The van der Waals surface area contributed by atoms with Gasteiger partial charge < -0.3 is 0 Å². The summed E-state index contributed by atoms with van der Waals surface area (Å²) in [6.45, 7) is 0. The fourth-order valence-corrected chi connectivity index (χ4v) is 0.198. The van der Waals surface area contributed by atoms with Crippen molar-refractivity contribution in [3.05, 3.63) is 0 Å². The summed E-state index contributed by atoms with van der Waals surface area (Å²) in [5.41, 5.74) is 2.38. The van der Waals surface area contributed by atoms with Gasteiger partial charge in [0.1, 0.15) is 5.55 Å². The van der Waals surface area contributed by atoms with Crippen LogP contribution in [-0.2, 0) is 0 Å². The second kappa shape index (κ2) is 4.51. The predicted octanol–water partition coefficient (Wildman–Crippen LogP) is 0.736. The van der Waals surface area contributed by atoms with Gasteiger partial charge in [-0.1, -0.05) is 0 Å². The number of nitrogens with zero attached hydrogens (tertiary/aromatic N) is 2. The van der Waals surface area contributed by atoms with E-state index in [-0.39, 0.29) is 0 Å². The first-order valence-corrected chi connectivity index (χ1v) is 2.51. The molecule has 0 saturated carbocycles. The zero-order valence-electron chi connectivity index (χ0n) is 3.30. The summed E-state index contributed by atoms with van der Waals surface area (Å²) in [5.74, 6) is 0. The van der Waals surface area contributed by atoms with Gasteiger partial charge in [0.2, 0.25) is 6.19 Å². The minimum Gasteiger partial charge on any atom is -0.170 e. The molecule has 1 radical (unpaired) electrons. The quantitative estimate of drug-likeness (QED) is 0.276. The first kappa shape index (κ1) is 5.51. The van der Waals surface area contributed by atoms with E-state index in [1.807, 2.05) is 0 Å². The number of hydrogen-bond donors (Lipinski definition) is 0. The van der Waals surface area contributed by atoms with Crippen LogP contribution in [0, 0.1) is 11.5 Å². The summed E-state index contributed by atoms with van der Waals surface area (Å²) in [6, 6.07) is 0. The first-order valence-electron chi connectivity index (χ1n) is 1.28. The van der Waals surface area contributed by atoms with Gasteiger partial charge in [-0.2, -0.15) is 10.3 Å². The molecule has 0 aliphatic heterocycles. The summed E-state index contributed by atoms with van der Waals surface area (Å²) >= 11 is 1.29. The average Bonchev–Trinajstić information content (AvgIpc) is 1.61. The Hall–Kier alpha value is -0.490. The minimum absolute atomic E-state index is 1.29. The molecule has 0 unspecified atom stereocenters.